The molecule has 1 aromatic rings. The van der Waals surface area contributed by atoms with E-state index in [0.717, 1.165) is 76.6 Å². The number of amides is 1. The van der Waals surface area contributed by atoms with Gasteiger partial charge < -0.3 is 14.4 Å². The number of nitrogens with zero attached hydrogens (tertiary/aromatic N) is 3. The molecule has 6 nitrogen and oxygen atoms in total. The Hall–Kier alpha value is -1.79. The van der Waals surface area contributed by atoms with Gasteiger partial charge in [0.1, 0.15) is 0 Å². The number of carbonyl (C=O) groups excluding carboxylic acids is 1. The van der Waals surface area contributed by atoms with Gasteiger partial charge in [0.15, 0.2) is 11.5 Å². The summed E-state index contributed by atoms with van der Waals surface area (Å²) < 4.78 is 10.9. The van der Waals surface area contributed by atoms with E-state index >= 15 is 0 Å². The standard InChI is InChI=1S/C22H31N3O3/c1-22(6-7-22)21(26)25-8-2-3-18(15-25)24-11-9-23(10-12-24)14-17-4-5-19-20(13-17)28-16-27-19/h4-5,13,18H,2-3,6-12,14-16H2,1H3. The van der Waals surface area contributed by atoms with Gasteiger partial charge in [-0.05, 0) is 43.4 Å². The fourth-order valence-corrected chi connectivity index (χ4v) is 4.80. The number of fused-ring (bicyclic) bond motifs is 1. The van der Waals surface area contributed by atoms with E-state index in [1.165, 1.54) is 12.0 Å². The zero-order chi connectivity index (χ0) is 19.1. The molecule has 1 aliphatic carbocycles. The summed E-state index contributed by atoms with van der Waals surface area (Å²) >= 11 is 0. The number of ether oxygens (including phenoxy) is 2. The molecular formula is C22H31N3O3. The van der Waals surface area contributed by atoms with Crippen molar-refractivity contribution in [3.05, 3.63) is 23.8 Å². The molecule has 3 heterocycles. The number of piperidine rings is 1. The van der Waals surface area contributed by atoms with Crippen molar-refractivity contribution in [2.24, 2.45) is 5.41 Å². The molecule has 1 atom stereocenters. The van der Waals surface area contributed by atoms with Crippen molar-refractivity contribution in [1.29, 1.82) is 0 Å². The van der Waals surface area contributed by atoms with Crippen molar-refractivity contribution in [3.63, 3.8) is 0 Å². The first-order chi connectivity index (χ1) is 13.6. The summed E-state index contributed by atoms with van der Waals surface area (Å²) in [6.07, 6.45) is 4.52. The van der Waals surface area contributed by atoms with Crippen LogP contribution in [-0.4, -0.2) is 72.7 Å². The van der Waals surface area contributed by atoms with Crippen LogP contribution in [0.5, 0.6) is 11.5 Å². The maximum atomic E-state index is 12.7. The van der Waals surface area contributed by atoms with Crippen molar-refractivity contribution in [2.75, 3.05) is 46.1 Å². The van der Waals surface area contributed by atoms with Crippen LogP contribution in [0.25, 0.3) is 0 Å². The number of carbonyl (C=O) groups is 1. The van der Waals surface area contributed by atoms with Crippen molar-refractivity contribution in [3.8, 4) is 11.5 Å². The molecule has 5 rings (SSSR count). The van der Waals surface area contributed by atoms with Crippen LogP contribution in [0.1, 0.15) is 38.2 Å². The van der Waals surface area contributed by atoms with Gasteiger partial charge in [0.05, 0.1) is 0 Å². The Morgan fingerprint density at radius 1 is 1.11 bits per heavy atom. The topological polar surface area (TPSA) is 45.3 Å². The van der Waals surface area contributed by atoms with Gasteiger partial charge in [-0.25, -0.2) is 0 Å². The molecule has 3 fully saturated rings. The SMILES string of the molecule is CC1(C(=O)N2CCCC(N3CCN(Cc4ccc5c(c4)OCO5)CC3)C2)CC1. The second-order valence-corrected chi connectivity index (χ2v) is 9.11. The van der Waals surface area contributed by atoms with Crippen LogP contribution in [0.4, 0.5) is 0 Å². The highest BCUT2D eigenvalue weighted by Crippen LogP contribution is 2.46. The maximum absolute atomic E-state index is 12.7. The highest BCUT2D eigenvalue weighted by atomic mass is 16.7. The number of hydrogen-bond donors (Lipinski definition) is 0. The number of hydrogen-bond acceptors (Lipinski definition) is 5. The Morgan fingerprint density at radius 3 is 2.68 bits per heavy atom. The van der Waals surface area contributed by atoms with E-state index < -0.39 is 0 Å². The van der Waals surface area contributed by atoms with Crippen LogP contribution in [-0.2, 0) is 11.3 Å². The second-order valence-electron chi connectivity index (χ2n) is 9.11. The summed E-state index contributed by atoms with van der Waals surface area (Å²) in [5, 5.41) is 0. The van der Waals surface area contributed by atoms with Gasteiger partial charge in [-0.1, -0.05) is 13.0 Å². The average Bonchev–Trinajstić information content (AvgIpc) is 3.31. The third-order valence-corrected chi connectivity index (χ3v) is 6.97. The van der Waals surface area contributed by atoms with Gasteiger partial charge in [-0.15, -0.1) is 0 Å². The van der Waals surface area contributed by atoms with E-state index in [-0.39, 0.29) is 5.41 Å². The minimum atomic E-state index is -0.0365. The summed E-state index contributed by atoms with van der Waals surface area (Å²) in [5.74, 6) is 2.12. The maximum Gasteiger partial charge on any atom is 0.231 e. The average molecular weight is 386 g/mol. The summed E-state index contributed by atoms with van der Waals surface area (Å²) in [4.78, 5) is 20.0. The zero-order valence-corrected chi connectivity index (χ0v) is 16.9. The lowest BCUT2D eigenvalue weighted by Gasteiger charge is -2.44. The Labute approximate surface area is 167 Å². The molecule has 0 radical (unpaired) electrons. The molecule has 1 saturated carbocycles. The lowest BCUT2D eigenvalue weighted by atomic mass is 10.00. The quantitative estimate of drug-likeness (QED) is 0.796. The van der Waals surface area contributed by atoms with E-state index in [9.17, 15) is 4.79 Å². The van der Waals surface area contributed by atoms with E-state index in [4.69, 9.17) is 9.47 Å². The molecule has 0 N–H and O–H groups in total. The second kappa shape index (κ2) is 7.23. The van der Waals surface area contributed by atoms with E-state index in [2.05, 4.69) is 33.8 Å². The van der Waals surface area contributed by atoms with Gasteiger partial charge in [-0.2, -0.15) is 0 Å². The van der Waals surface area contributed by atoms with Crippen LogP contribution < -0.4 is 9.47 Å². The van der Waals surface area contributed by atoms with Crippen molar-refractivity contribution < 1.29 is 14.3 Å². The number of benzene rings is 1. The predicted octanol–water partition coefficient (Wildman–Crippen LogP) is 2.32. The highest BCUT2D eigenvalue weighted by Gasteiger charge is 2.48. The van der Waals surface area contributed by atoms with E-state index in [1.54, 1.807) is 0 Å². The first-order valence-electron chi connectivity index (χ1n) is 10.8. The lowest BCUT2D eigenvalue weighted by molar-refractivity contribution is -0.138. The number of piperazine rings is 1. The molecule has 0 spiro atoms. The van der Waals surface area contributed by atoms with E-state index in [1.807, 2.05) is 6.07 Å². The Bertz CT molecular complexity index is 741. The predicted molar refractivity (Wildman–Crippen MR) is 106 cm³/mol. The van der Waals surface area contributed by atoms with Crippen LogP contribution in [0.2, 0.25) is 0 Å². The molecule has 6 heteroatoms. The molecule has 0 bridgehead atoms. The summed E-state index contributed by atoms with van der Waals surface area (Å²) in [6.45, 7) is 9.64. The Morgan fingerprint density at radius 2 is 1.89 bits per heavy atom. The normalized spacial score (nSPS) is 27.0. The Balaban J connectivity index is 1.13. The molecule has 28 heavy (non-hydrogen) atoms. The van der Waals surface area contributed by atoms with Gasteiger partial charge in [0, 0.05) is 57.3 Å². The van der Waals surface area contributed by atoms with E-state index in [0.29, 0.717) is 18.7 Å². The summed E-state index contributed by atoms with van der Waals surface area (Å²) in [7, 11) is 0. The van der Waals surface area contributed by atoms with Gasteiger partial charge in [0.2, 0.25) is 12.7 Å². The van der Waals surface area contributed by atoms with Crippen molar-refractivity contribution in [1.82, 2.24) is 14.7 Å². The molecule has 3 aliphatic heterocycles. The van der Waals surface area contributed by atoms with Crippen LogP contribution >= 0.6 is 0 Å². The lowest BCUT2D eigenvalue weighted by Crippen LogP contribution is -2.56. The van der Waals surface area contributed by atoms with Gasteiger partial charge in [0.25, 0.3) is 0 Å². The smallest absolute Gasteiger partial charge is 0.231 e. The molecule has 0 aromatic heterocycles. The fraction of sp³-hybridized carbons (Fsp3) is 0.682. The van der Waals surface area contributed by atoms with Gasteiger partial charge in [-0.3, -0.25) is 14.6 Å². The third-order valence-electron chi connectivity index (χ3n) is 6.97. The highest BCUT2D eigenvalue weighted by molar-refractivity contribution is 5.85. The van der Waals surface area contributed by atoms with Crippen LogP contribution in [0.3, 0.4) is 0 Å². The summed E-state index contributed by atoms with van der Waals surface area (Å²) in [6, 6.07) is 6.80. The molecule has 1 aromatic carbocycles. The third kappa shape index (κ3) is 3.60. The molecular weight excluding hydrogens is 354 g/mol. The number of rotatable bonds is 4. The summed E-state index contributed by atoms with van der Waals surface area (Å²) in [5.41, 5.74) is 1.25. The van der Waals surface area contributed by atoms with Crippen molar-refractivity contribution >= 4 is 5.91 Å². The molecule has 1 amide bonds. The minimum absolute atomic E-state index is 0.0365. The monoisotopic (exact) mass is 385 g/mol. The fourth-order valence-electron chi connectivity index (χ4n) is 4.80. The first-order valence-corrected chi connectivity index (χ1v) is 10.8. The zero-order valence-electron chi connectivity index (χ0n) is 16.9. The molecule has 2 saturated heterocycles. The number of likely N-dealkylation sites (tertiary alicyclic amines) is 1. The van der Waals surface area contributed by atoms with Crippen molar-refractivity contribution in [2.45, 2.75) is 45.2 Å². The molecule has 152 valence electrons. The first kappa shape index (κ1) is 18.3. The molecule has 4 aliphatic rings. The minimum Gasteiger partial charge on any atom is -0.454 e. The molecule has 1 unspecified atom stereocenters. The van der Waals surface area contributed by atoms with Crippen LogP contribution in [0, 0.1) is 5.41 Å². The Kier molecular flexibility index (Phi) is 4.71. The van der Waals surface area contributed by atoms with Gasteiger partial charge >= 0.3 is 0 Å². The van der Waals surface area contributed by atoms with Crippen LogP contribution in [0.15, 0.2) is 18.2 Å². The largest absolute Gasteiger partial charge is 0.454 e.